The molecule has 1 aliphatic heterocycles. The smallest absolute Gasteiger partial charge is 0.344 e. The van der Waals surface area contributed by atoms with Gasteiger partial charge in [-0.3, -0.25) is 4.79 Å². The van der Waals surface area contributed by atoms with Crippen molar-refractivity contribution in [3.63, 3.8) is 0 Å². The van der Waals surface area contributed by atoms with Gasteiger partial charge in [-0.15, -0.1) is 0 Å². The van der Waals surface area contributed by atoms with Crippen LogP contribution in [0.4, 0.5) is 0 Å². The van der Waals surface area contributed by atoms with Gasteiger partial charge in [-0.05, 0) is 19.1 Å². The molecule has 0 unspecified atom stereocenters. The SMILES string of the molecule is CC(=O)O[C@H]1[C@H](Oc2cc3c(=O)oc4c(O)c(O)cc5c(=O)oc(c2O)c3c45)O[C@@H](C)[C@H](O)[C@H]1O. The lowest BCUT2D eigenvalue weighted by Gasteiger charge is -2.40. The van der Waals surface area contributed by atoms with Crippen LogP contribution in [-0.4, -0.2) is 62.2 Å². The van der Waals surface area contributed by atoms with Crippen molar-refractivity contribution in [2.24, 2.45) is 0 Å². The van der Waals surface area contributed by atoms with Crippen molar-refractivity contribution in [3.8, 4) is 23.0 Å². The summed E-state index contributed by atoms with van der Waals surface area (Å²) in [4.78, 5) is 36.8. The second kappa shape index (κ2) is 7.73. The van der Waals surface area contributed by atoms with Crippen molar-refractivity contribution in [2.75, 3.05) is 0 Å². The Morgan fingerprint density at radius 1 is 0.914 bits per heavy atom. The highest BCUT2D eigenvalue weighted by Crippen LogP contribution is 2.45. The highest BCUT2D eigenvalue weighted by molar-refractivity contribution is 6.22. The zero-order valence-corrected chi connectivity index (χ0v) is 18.0. The molecule has 0 aliphatic carbocycles. The van der Waals surface area contributed by atoms with Crippen LogP contribution < -0.4 is 16.0 Å². The maximum Gasteiger partial charge on any atom is 0.344 e. The van der Waals surface area contributed by atoms with E-state index in [4.69, 9.17) is 23.0 Å². The van der Waals surface area contributed by atoms with Gasteiger partial charge in [-0.1, -0.05) is 0 Å². The molecule has 3 heterocycles. The molecule has 5 N–H and O–H groups in total. The molecule has 5 rings (SSSR count). The Balaban J connectivity index is 1.73. The van der Waals surface area contributed by atoms with Gasteiger partial charge in [0.2, 0.25) is 17.8 Å². The number of phenolic OH excluding ortho intramolecular Hbond substituents is 3. The molecule has 2 aromatic carbocycles. The maximum atomic E-state index is 12.7. The topological polar surface area (TPSA) is 206 Å². The number of phenols is 3. The monoisotopic (exact) mass is 490 g/mol. The van der Waals surface area contributed by atoms with Gasteiger partial charge in [0.1, 0.15) is 12.2 Å². The van der Waals surface area contributed by atoms with Gasteiger partial charge < -0.3 is 48.6 Å². The van der Waals surface area contributed by atoms with Crippen LogP contribution in [0.2, 0.25) is 0 Å². The normalized spacial score (nSPS) is 24.9. The van der Waals surface area contributed by atoms with Gasteiger partial charge in [-0.2, -0.15) is 0 Å². The van der Waals surface area contributed by atoms with E-state index in [-0.39, 0.29) is 21.5 Å². The molecule has 0 amide bonds. The molecule has 13 heteroatoms. The Bertz CT molecular complexity index is 1600. The summed E-state index contributed by atoms with van der Waals surface area (Å²) in [5, 5.41) is 50.7. The van der Waals surface area contributed by atoms with Gasteiger partial charge in [0.05, 0.1) is 16.9 Å². The second-order valence-electron chi connectivity index (χ2n) is 8.13. The molecule has 0 bridgehead atoms. The Morgan fingerprint density at radius 3 is 2.09 bits per heavy atom. The van der Waals surface area contributed by atoms with E-state index >= 15 is 0 Å². The molecule has 13 nitrogen and oxygen atoms in total. The summed E-state index contributed by atoms with van der Waals surface area (Å²) < 4.78 is 26.5. The van der Waals surface area contributed by atoms with Gasteiger partial charge in [0.15, 0.2) is 28.8 Å². The first-order valence-electron chi connectivity index (χ1n) is 10.3. The summed E-state index contributed by atoms with van der Waals surface area (Å²) in [7, 11) is 0. The minimum absolute atomic E-state index is 0.0816. The number of hydrogen-bond acceptors (Lipinski definition) is 13. The number of hydrogen-bond donors (Lipinski definition) is 5. The molecule has 0 radical (unpaired) electrons. The lowest BCUT2D eigenvalue weighted by atomic mass is 9.99. The van der Waals surface area contributed by atoms with Crippen molar-refractivity contribution in [1.29, 1.82) is 0 Å². The Hall–Kier alpha value is -4.07. The molecule has 0 spiro atoms. The van der Waals surface area contributed by atoms with E-state index < -0.39 is 82.1 Å². The van der Waals surface area contributed by atoms with Gasteiger partial charge in [0, 0.05) is 17.7 Å². The molecule has 1 fully saturated rings. The van der Waals surface area contributed by atoms with Crippen molar-refractivity contribution in [3.05, 3.63) is 33.0 Å². The Labute approximate surface area is 193 Å². The fourth-order valence-electron chi connectivity index (χ4n) is 4.20. The van der Waals surface area contributed by atoms with Crippen LogP contribution in [0.5, 0.6) is 23.0 Å². The summed E-state index contributed by atoms with van der Waals surface area (Å²) in [6, 6.07) is 1.97. The number of aliphatic hydroxyl groups excluding tert-OH is 2. The number of rotatable bonds is 3. The van der Waals surface area contributed by atoms with Crippen LogP contribution in [0.1, 0.15) is 13.8 Å². The number of carbonyl (C=O) groups excluding carboxylic acids is 1. The summed E-state index contributed by atoms with van der Waals surface area (Å²) >= 11 is 0. The number of ether oxygens (including phenoxy) is 3. The molecule has 0 saturated carbocycles. The van der Waals surface area contributed by atoms with E-state index in [0.717, 1.165) is 19.1 Å². The fourth-order valence-corrected chi connectivity index (χ4v) is 4.20. The summed E-state index contributed by atoms with van der Waals surface area (Å²) in [6.07, 6.45) is -7.09. The van der Waals surface area contributed by atoms with E-state index in [1.54, 1.807) is 0 Å². The molecule has 184 valence electrons. The third kappa shape index (κ3) is 3.31. The molecule has 1 saturated heterocycles. The quantitative estimate of drug-likeness (QED) is 0.114. The standard InChI is InChI=1S/C22H18O13/c1-5-13(25)16(28)19(32-6(2)23)22(31-5)33-10-4-8-12-11-7(20(29)35-18(12)15(10)27)3-9(24)14(26)17(11)34-21(8)30/h3-5,13,16,19,22,24-28H,1-2H3/t5-,13-,16+,19+,22-/m0/s1. The van der Waals surface area contributed by atoms with Crippen LogP contribution in [0, 0.1) is 0 Å². The number of aromatic hydroxyl groups is 3. The predicted molar refractivity (Wildman–Crippen MR) is 115 cm³/mol. The molecule has 1 aliphatic rings. The Morgan fingerprint density at radius 2 is 1.49 bits per heavy atom. The van der Waals surface area contributed by atoms with Crippen molar-refractivity contribution in [1.82, 2.24) is 0 Å². The van der Waals surface area contributed by atoms with Crippen molar-refractivity contribution < 1.29 is 53.4 Å². The van der Waals surface area contributed by atoms with E-state index in [1.165, 1.54) is 6.92 Å². The highest BCUT2D eigenvalue weighted by atomic mass is 16.7. The van der Waals surface area contributed by atoms with Crippen molar-refractivity contribution in [2.45, 2.75) is 44.6 Å². The van der Waals surface area contributed by atoms with Crippen LogP contribution in [0.25, 0.3) is 32.7 Å². The lowest BCUT2D eigenvalue weighted by molar-refractivity contribution is -0.273. The number of aliphatic hydroxyl groups is 2. The van der Waals surface area contributed by atoms with Crippen LogP contribution in [-0.2, 0) is 14.3 Å². The van der Waals surface area contributed by atoms with Gasteiger partial charge >= 0.3 is 17.2 Å². The van der Waals surface area contributed by atoms with E-state index in [1.807, 2.05) is 0 Å². The minimum Gasteiger partial charge on any atom is -0.504 e. The summed E-state index contributed by atoms with van der Waals surface area (Å²) in [6.45, 7) is 2.48. The highest BCUT2D eigenvalue weighted by Gasteiger charge is 2.46. The second-order valence-corrected chi connectivity index (χ2v) is 8.13. The third-order valence-corrected chi connectivity index (χ3v) is 5.86. The zero-order chi connectivity index (χ0) is 25.3. The summed E-state index contributed by atoms with van der Waals surface area (Å²) in [5.74, 6) is -3.54. The number of esters is 1. The zero-order valence-electron chi connectivity index (χ0n) is 18.0. The molecule has 2 aromatic heterocycles. The maximum absolute atomic E-state index is 12.7. The predicted octanol–water partition coefficient (Wildman–Crippen LogP) is 0.384. The molecular formula is C22H18O13. The summed E-state index contributed by atoms with van der Waals surface area (Å²) in [5.41, 5.74) is -3.04. The van der Waals surface area contributed by atoms with Crippen LogP contribution in [0.15, 0.2) is 30.6 Å². The molecular weight excluding hydrogens is 472 g/mol. The van der Waals surface area contributed by atoms with Gasteiger partial charge in [0.25, 0.3) is 0 Å². The largest absolute Gasteiger partial charge is 0.504 e. The van der Waals surface area contributed by atoms with E-state index in [2.05, 4.69) is 0 Å². The molecule has 35 heavy (non-hydrogen) atoms. The first-order chi connectivity index (χ1) is 16.5. The Kier molecular flexibility index (Phi) is 5.01. The minimum atomic E-state index is -1.61. The fraction of sp³-hybridized carbons (Fsp3) is 0.318. The molecule has 4 aromatic rings. The van der Waals surface area contributed by atoms with Crippen LogP contribution >= 0.6 is 0 Å². The molecule has 5 atom stereocenters. The van der Waals surface area contributed by atoms with Crippen molar-refractivity contribution >= 4 is 38.7 Å². The number of carbonyl (C=O) groups is 1. The average molecular weight is 490 g/mol. The average Bonchev–Trinajstić information content (AvgIpc) is 2.79. The van der Waals surface area contributed by atoms with Gasteiger partial charge in [-0.25, -0.2) is 9.59 Å². The lowest BCUT2D eigenvalue weighted by Crippen LogP contribution is -2.59. The number of benzene rings is 2. The van der Waals surface area contributed by atoms with Crippen LogP contribution in [0.3, 0.4) is 0 Å². The first kappa shape index (κ1) is 22.7. The first-order valence-corrected chi connectivity index (χ1v) is 10.3. The van der Waals surface area contributed by atoms with E-state index in [0.29, 0.717) is 0 Å². The third-order valence-electron chi connectivity index (χ3n) is 5.86. The van der Waals surface area contributed by atoms with E-state index in [9.17, 15) is 39.9 Å².